The van der Waals surface area contributed by atoms with Crippen LogP contribution in [0, 0.1) is 11.6 Å². The zero-order valence-corrected chi connectivity index (χ0v) is 13.0. The molecule has 1 aliphatic rings. The maximum Gasteiger partial charge on any atom is 0.222 e. The average molecular weight is 326 g/mol. The highest BCUT2D eigenvalue weighted by atomic mass is 19.2. The Labute approximate surface area is 133 Å². The fourth-order valence-corrected chi connectivity index (χ4v) is 2.48. The Morgan fingerprint density at radius 3 is 2.78 bits per heavy atom. The van der Waals surface area contributed by atoms with E-state index in [0.29, 0.717) is 19.5 Å². The summed E-state index contributed by atoms with van der Waals surface area (Å²) in [7, 11) is 1.25. The molecule has 0 radical (unpaired) electrons. The molecule has 0 aliphatic carbocycles. The van der Waals surface area contributed by atoms with Gasteiger partial charge < -0.3 is 15.0 Å². The third-order valence-electron chi connectivity index (χ3n) is 3.85. The van der Waals surface area contributed by atoms with Gasteiger partial charge in [0.1, 0.15) is 0 Å². The Hall–Kier alpha value is -2.18. The number of rotatable bonds is 6. The Bertz CT molecular complexity index is 593. The van der Waals surface area contributed by atoms with Gasteiger partial charge in [-0.15, -0.1) is 0 Å². The lowest BCUT2D eigenvalue weighted by Gasteiger charge is -2.26. The van der Waals surface area contributed by atoms with Gasteiger partial charge in [-0.3, -0.25) is 9.59 Å². The second-order valence-corrected chi connectivity index (χ2v) is 5.42. The number of hydrogen-bond acceptors (Lipinski definition) is 3. The number of halogens is 2. The van der Waals surface area contributed by atoms with Crippen molar-refractivity contribution in [3.8, 4) is 5.75 Å². The zero-order valence-electron chi connectivity index (χ0n) is 13.0. The molecule has 1 aliphatic heterocycles. The SMILES string of the molecule is COc1ccc(CNC(=O)CCN2CCCCC2=O)c(F)c1F. The number of carbonyl (C=O) groups excluding carboxylic acids is 2. The van der Waals surface area contributed by atoms with Crippen LogP contribution in [0.1, 0.15) is 31.2 Å². The molecule has 23 heavy (non-hydrogen) atoms. The Morgan fingerprint density at radius 2 is 2.09 bits per heavy atom. The third-order valence-corrected chi connectivity index (χ3v) is 3.85. The fraction of sp³-hybridized carbons (Fsp3) is 0.500. The minimum Gasteiger partial charge on any atom is -0.494 e. The van der Waals surface area contributed by atoms with Crippen molar-refractivity contribution in [1.29, 1.82) is 0 Å². The molecule has 0 aromatic heterocycles. The van der Waals surface area contributed by atoms with E-state index in [1.807, 2.05) is 0 Å². The molecule has 1 aromatic carbocycles. The predicted octanol–water partition coefficient (Wildman–Crippen LogP) is 1.99. The van der Waals surface area contributed by atoms with Gasteiger partial charge in [0.15, 0.2) is 11.6 Å². The van der Waals surface area contributed by atoms with Crippen molar-refractivity contribution in [3.05, 3.63) is 29.3 Å². The highest BCUT2D eigenvalue weighted by Crippen LogP contribution is 2.22. The first kappa shape index (κ1) is 17.2. The maximum absolute atomic E-state index is 13.8. The lowest BCUT2D eigenvalue weighted by atomic mass is 10.1. The molecule has 0 atom stereocenters. The van der Waals surface area contributed by atoms with Gasteiger partial charge in [-0.1, -0.05) is 6.07 Å². The van der Waals surface area contributed by atoms with Crippen molar-refractivity contribution in [1.82, 2.24) is 10.2 Å². The summed E-state index contributed by atoms with van der Waals surface area (Å²) in [6.07, 6.45) is 2.51. The summed E-state index contributed by atoms with van der Waals surface area (Å²) in [6.45, 7) is 0.911. The summed E-state index contributed by atoms with van der Waals surface area (Å²) >= 11 is 0. The monoisotopic (exact) mass is 326 g/mol. The van der Waals surface area contributed by atoms with Gasteiger partial charge in [-0.25, -0.2) is 4.39 Å². The first-order chi connectivity index (χ1) is 11.0. The minimum atomic E-state index is -1.07. The normalized spacial score (nSPS) is 14.7. The van der Waals surface area contributed by atoms with Gasteiger partial charge in [0, 0.05) is 38.0 Å². The first-order valence-corrected chi connectivity index (χ1v) is 7.58. The van der Waals surface area contributed by atoms with Gasteiger partial charge >= 0.3 is 0 Å². The van der Waals surface area contributed by atoms with E-state index in [1.54, 1.807) is 4.90 Å². The van der Waals surface area contributed by atoms with Crippen LogP contribution in [0.2, 0.25) is 0 Å². The van der Waals surface area contributed by atoms with Crippen molar-refractivity contribution in [3.63, 3.8) is 0 Å². The van der Waals surface area contributed by atoms with Gasteiger partial charge in [0.2, 0.25) is 17.6 Å². The van der Waals surface area contributed by atoms with Gasteiger partial charge in [0.25, 0.3) is 0 Å². The lowest BCUT2D eigenvalue weighted by molar-refractivity contribution is -0.133. The summed E-state index contributed by atoms with van der Waals surface area (Å²) in [6, 6.07) is 2.68. The summed E-state index contributed by atoms with van der Waals surface area (Å²) in [5.41, 5.74) is 0.0469. The highest BCUT2D eigenvalue weighted by molar-refractivity contribution is 5.79. The number of carbonyl (C=O) groups is 2. The number of ether oxygens (including phenoxy) is 1. The molecule has 0 spiro atoms. The van der Waals surface area contributed by atoms with Crippen LogP contribution in [0.15, 0.2) is 12.1 Å². The number of nitrogens with one attached hydrogen (secondary N) is 1. The second kappa shape index (κ2) is 7.89. The van der Waals surface area contributed by atoms with Gasteiger partial charge in [0.05, 0.1) is 7.11 Å². The van der Waals surface area contributed by atoms with E-state index in [4.69, 9.17) is 0 Å². The van der Waals surface area contributed by atoms with Crippen LogP contribution < -0.4 is 10.1 Å². The van der Waals surface area contributed by atoms with E-state index in [2.05, 4.69) is 10.1 Å². The summed E-state index contributed by atoms with van der Waals surface area (Å²) in [5.74, 6) is -2.53. The smallest absolute Gasteiger partial charge is 0.222 e. The van der Waals surface area contributed by atoms with Crippen molar-refractivity contribution in [2.24, 2.45) is 0 Å². The molecular weight excluding hydrogens is 306 g/mol. The Kier molecular flexibility index (Phi) is 5.90. The van der Waals surface area contributed by atoms with Gasteiger partial charge in [-0.05, 0) is 18.9 Å². The van der Waals surface area contributed by atoms with Crippen LogP contribution in [-0.2, 0) is 16.1 Å². The molecule has 5 nitrogen and oxygen atoms in total. The first-order valence-electron chi connectivity index (χ1n) is 7.58. The fourth-order valence-electron chi connectivity index (χ4n) is 2.48. The second-order valence-electron chi connectivity index (χ2n) is 5.42. The van der Waals surface area contributed by atoms with Crippen LogP contribution in [0.25, 0.3) is 0 Å². The van der Waals surface area contributed by atoms with Crippen LogP contribution >= 0.6 is 0 Å². The van der Waals surface area contributed by atoms with E-state index in [1.165, 1.54) is 19.2 Å². The number of piperidine rings is 1. The lowest BCUT2D eigenvalue weighted by Crippen LogP contribution is -2.38. The molecule has 126 valence electrons. The van der Waals surface area contributed by atoms with Crippen LogP contribution in [-0.4, -0.2) is 36.9 Å². The Morgan fingerprint density at radius 1 is 1.30 bits per heavy atom. The van der Waals surface area contributed by atoms with Gasteiger partial charge in [-0.2, -0.15) is 4.39 Å². The maximum atomic E-state index is 13.8. The molecule has 1 heterocycles. The van der Waals surface area contributed by atoms with Crippen LogP contribution in [0.4, 0.5) is 8.78 Å². The highest BCUT2D eigenvalue weighted by Gasteiger charge is 2.19. The van der Waals surface area contributed by atoms with Crippen molar-refractivity contribution in [2.75, 3.05) is 20.2 Å². The molecule has 1 N–H and O–H groups in total. The number of amides is 2. The van der Waals surface area contributed by atoms with E-state index >= 15 is 0 Å². The van der Waals surface area contributed by atoms with E-state index in [0.717, 1.165) is 12.8 Å². The van der Waals surface area contributed by atoms with Crippen molar-refractivity contribution in [2.45, 2.75) is 32.2 Å². The molecule has 1 fully saturated rings. The van der Waals surface area contributed by atoms with E-state index in [-0.39, 0.29) is 36.1 Å². The standard InChI is InChI=1S/C16H20F2N2O3/c1-23-12-6-5-11(15(17)16(12)18)10-19-13(21)7-9-20-8-3-2-4-14(20)22/h5-6H,2-4,7-10H2,1H3,(H,19,21). The molecule has 0 saturated carbocycles. The van der Waals surface area contributed by atoms with Crippen LogP contribution in [0.5, 0.6) is 5.75 Å². The van der Waals surface area contributed by atoms with Crippen molar-refractivity contribution < 1.29 is 23.1 Å². The number of likely N-dealkylation sites (tertiary alicyclic amines) is 1. The number of nitrogens with zero attached hydrogens (tertiary/aromatic N) is 1. The topological polar surface area (TPSA) is 58.6 Å². The molecule has 1 aromatic rings. The summed E-state index contributed by atoms with van der Waals surface area (Å²) in [4.78, 5) is 25.1. The molecule has 7 heteroatoms. The molecule has 0 unspecified atom stereocenters. The zero-order chi connectivity index (χ0) is 16.8. The number of hydrogen-bond donors (Lipinski definition) is 1. The molecular formula is C16H20F2N2O3. The van der Waals surface area contributed by atoms with E-state index < -0.39 is 11.6 Å². The molecule has 2 amide bonds. The largest absolute Gasteiger partial charge is 0.494 e. The summed E-state index contributed by atoms with van der Waals surface area (Å²) in [5, 5.41) is 2.53. The van der Waals surface area contributed by atoms with Crippen molar-refractivity contribution >= 4 is 11.8 Å². The predicted molar refractivity (Wildman–Crippen MR) is 79.8 cm³/mol. The molecule has 1 saturated heterocycles. The molecule has 0 bridgehead atoms. The number of benzene rings is 1. The minimum absolute atomic E-state index is 0.0469. The third kappa shape index (κ3) is 4.40. The number of methoxy groups -OCH3 is 1. The average Bonchev–Trinajstić information content (AvgIpc) is 2.55. The molecule has 2 rings (SSSR count). The summed E-state index contributed by atoms with van der Waals surface area (Å²) < 4.78 is 32.0. The van der Waals surface area contributed by atoms with E-state index in [9.17, 15) is 18.4 Å². The quantitative estimate of drug-likeness (QED) is 0.870. The van der Waals surface area contributed by atoms with Crippen LogP contribution in [0.3, 0.4) is 0 Å². The Balaban J connectivity index is 1.82.